The minimum Gasteiger partial charge on any atom is -0.434 e. The fourth-order valence-corrected chi connectivity index (χ4v) is 3.61. The highest BCUT2D eigenvalue weighted by Gasteiger charge is 2.30. The number of anilines is 1. The van der Waals surface area contributed by atoms with Crippen LogP contribution in [0.2, 0.25) is 0 Å². The highest BCUT2D eigenvalue weighted by atomic mass is 19.3. The van der Waals surface area contributed by atoms with Gasteiger partial charge in [0.25, 0.3) is 5.91 Å². The van der Waals surface area contributed by atoms with Crippen LogP contribution in [0.5, 0.6) is 5.75 Å². The number of benzene rings is 2. The van der Waals surface area contributed by atoms with Crippen molar-refractivity contribution in [2.75, 3.05) is 18.4 Å². The monoisotopic (exact) mass is 442 g/mol. The molecule has 1 aliphatic heterocycles. The second kappa shape index (κ2) is 9.50. The van der Waals surface area contributed by atoms with Gasteiger partial charge in [-0.1, -0.05) is 12.1 Å². The van der Waals surface area contributed by atoms with Crippen LogP contribution in [0.15, 0.2) is 54.9 Å². The molecular weight excluding hydrogens is 422 g/mol. The molecule has 9 nitrogen and oxygen atoms in total. The van der Waals surface area contributed by atoms with Crippen LogP contribution in [0.1, 0.15) is 23.2 Å². The van der Waals surface area contributed by atoms with Crippen LogP contribution in [0.25, 0.3) is 5.69 Å². The number of hydrogen-bond acceptors (Lipinski definition) is 6. The Labute approximate surface area is 182 Å². The molecule has 0 bridgehead atoms. The van der Waals surface area contributed by atoms with Gasteiger partial charge < -0.3 is 15.0 Å². The van der Waals surface area contributed by atoms with Gasteiger partial charge in [-0.05, 0) is 59.7 Å². The summed E-state index contributed by atoms with van der Waals surface area (Å²) in [4.78, 5) is 27.2. The van der Waals surface area contributed by atoms with Crippen molar-refractivity contribution < 1.29 is 23.1 Å². The molecule has 0 spiro atoms. The number of carbonyl (C=O) groups is 2. The van der Waals surface area contributed by atoms with Crippen molar-refractivity contribution in [1.82, 2.24) is 25.1 Å². The van der Waals surface area contributed by atoms with E-state index in [4.69, 9.17) is 0 Å². The molecule has 1 fully saturated rings. The summed E-state index contributed by atoms with van der Waals surface area (Å²) in [6.45, 7) is -2.40. The van der Waals surface area contributed by atoms with Gasteiger partial charge in [0, 0.05) is 18.8 Å². The summed E-state index contributed by atoms with van der Waals surface area (Å²) in [5.41, 5.74) is 1.39. The first-order valence-electron chi connectivity index (χ1n) is 9.98. The van der Waals surface area contributed by atoms with Crippen molar-refractivity contribution in [3.05, 3.63) is 60.4 Å². The summed E-state index contributed by atoms with van der Waals surface area (Å²) in [6.07, 6.45) is 2.71. The van der Waals surface area contributed by atoms with Gasteiger partial charge in [0.05, 0.1) is 17.2 Å². The molecule has 1 saturated heterocycles. The average Bonchev–Trinajstić information content (AvgIpc) is 3.34. The van der Waals surface area contributed by atoms with Crippen molar-refractivity contribution in [2.45, 2.75) is 19.5 Å². The van der Waals surface area contributed by atoms with Gasteiger partial charge in [0.2, 0.25) is 5.91 Å². The minimum absolute atomic E-state index is 0.0482. The molecule has 1 N–H and O–H groups in total. The Balaban J connectivity index is 1.40. The van der Waals surface area contributed by atoms with Gasteiger partial charge in [0.15, 0.2) is 0 Å². The molecule has 166 valence electrons. The van der Waals surface area contributed by atoms with Crippen LogP contribution in [0.3, 0.4) is 0 Å². The van der Waals surface area contributed by atoms with Crippen molar-refractivity contribution in [1.29, 1.82) is 0 Å². The molecular formula is C21H20F2N6O3. The number of nitrogens with one attached hydrogen (secondary N) is 1. The molecule has 1 aliphatic rings. The number of hydrogen-bond donors (Lipinski definition) is 1. The number of para-hydroxylation sites is 1. The Kier molecular flexibility index (Phi) is 6.34. The van der Waals surface area contributed by atoms with E-state index in [9.17, 15) is 18.4 Å². The SMILES string of the molecule is O=C(Nc1ccc(-n2cnnn2)cc1)C1CCCN(C(=O)c2ccccc2OC(F)F)C1. The van der Waals surface area contributed by atoms with E-state index >= 15 is 0 Å². The van der Waals surface area contributed by atoms with Crippen molar-refractivity contribution in [3.63, 3.8) is 0 Å². The largest absolute Gasteiger partial charge is 0.434 e. The quantitative estimate of drug-likeness (QED) is 0.630. The van der Waals surface area contributed by atoms with Crippen LogP contribution < -0.4 is 10.1 Å². The number of carbonyl (C=O) groups excluding carboxylic acids is 2. The second-order valence-corrected chi connectivity index (χ2v) is 7.26. The molecule has 1 unspecified atom stereocenters. The molecule has 2 amide bonds. The first-order valence-corrected chi connectivity index (χ1v) is 9.98. The molecule has 2 heterocycles. The molecule has 32 heavy (non-hydrogen) atoms. The molecule has 0 radical (unpaired) electrons. The van der Waals surface area contributed by atoms with Crippen molar-refractivity contribution >= 4 is 17.5 Å². The van der Waals surface area contributed by atoms with Gasteiger partial charge in [-0.25, -0.2) is 4.68 Å². The molecule has 0 aliphatic carbocycles. The standard InChI is InChI=1S/C21H20F2N6O3/c22-21(23)32-18-6-2-1-5-17(18)20(31)28-11-3-4-14(12-28)19(30)25-15-7-9-16(10-8-15)29-13-24-26-27-29/h1-2,5-10,13-14,21H,3-4,11-12H2,(H,25,30). The van der Waals surface area contributed by atoms with Crippen molar-refractivity contribution in [2.24, 2.45) is 5.92 Å². The molecule has 0 saturated carbocycles. The fraction of sp³-hybridized carbons (Fsp3) is 0.286. The Bertz CT molecular complexity index is 1080. The molecule has 1 atom stereocenters. The number of rotatable bonds is 6. The lowest BCUT2D eigenvalue weighted by Crippen LogP contribution is -2.43. The van der Waals surface area contributed by atoms with Gasteiger partial charge in [-0.2, -0.15) is 8.78 Å². The van der Waals surface area contributed by atoms with E-state index in [2.05, 4.69) is 25.6 Å². The predicted molar refractivity (Wildman–Crippen MR) is 109 cm³/mol. The maximum Gasteiger partial charge on any atom is 0.387 e. The van der Waals surface area contributed by atoms with Crippen LogP contribution in [0.4, 0.5) is 14.5 Å². The first kappa shape index (κ1) is 21.3. The highest BCUT2D eigenvalue weighted by molar-refractivity contribution is 5.98. The lowest BCUT2D eigenvalue weighted by molar-refractivity contribution is -0.121. The summed E-state index contributed by atoms with van der Waals surface area (Å²) in [5, 5.41) is 13.8. The lowest BCUT2D eigenvalue weighted by Gasteiger charge is -2.32. The molecule has 1 aromatic heterocycles. The topological polar surface area (TPSA) is 102 Å². The summed E-state index contributed by atoms with van der Waals surface area (Å²) in [7, 11) is 0. The summed E-state index contributed by atoms with van der Waals surface area (Å²) in [6, 6.07) is 12.9. The number of alkyl halides is 2. The van der Waals surface area contributed by atoms with Crippen LogP contribution >= 0.6 is 0 Å². The normalized spacial score (nSPS) is 16.1. The number of likely N-dealkylation sites (tertiary alicyclic amines) is 1. The zero-order chi connectivity index (χ0) is 22.5. The molecule has 2 aromatic carbocycles. The Hall–Kier alpha value is -3.89. The van der Waals surface area contributed by atoms with E-state index in [0.717, 1.165) is 5.69 Å². The maximum atomic E-state index is 12.9. The van der Waals surface area contributed by atoms with Gasteiger partial charge in [-0.15, -0.1) is 5.10 Å². The summed E-state index contributed by atoms with van der Waals surface area (Å²) >= 11 is 0. The Morgan fingerprint density at radius 1 is 1.12 bits per heavy atom. The molecule has 11 heteroatoms. The lowest BCUT2D eigenvalue weighted by atomic mass is 9.96. The zero-order valence-corrected chi connectivity index (χ0v) is 16.9. The second-order valence-electron chi connectivity index (χ2n) is 7.26. The Morgan fingerprint density at radius 3 is 2.62 bits per heavy atom. The van der Waals surface area contributed by atoms with Crippen LogP contribution in [0, 0.1) is 5.92 Å². The zero-order valence-electron chi connectivity index (χ0n) is 16.9. The average molecular weight is 442 g/mol. The predicted octanol–water partition coefficient (Wildman–Crippen LogP) is 2.75. The number of amides is 2. The van der Waals surface area contributed by atoms with E-state index in [0.29, 0.717) is 25.1 Å². The number of piperidine rings is 1. The van der Waals surface area contributed by atoms with E-state index in [1.807, 2.05) is 0 Å². The number of tetrazole rings is 1. The van der Waals surface area contributed by atoms with Crippen molar-refractivity contribution in [3.8, 4) is 11.4 Å². The highest BCUT2D eigenvalue weighted by Crippen LogP contribution is 2.25. The molecule has 4 rings (SSSR count). The third kappa shape index (κ3) is 4.88. The van der Waals surface area contributed by atoms with Gasteiger partial charge >= 0.3 is 6.61 Å². The summed E-state index contributed by atoms with van der Waals surface area (Å²) in [5.74, 6) is -1.25. The van der Waals surface area contributed by atoms with E-state index < -0.39 is 18.4 Å². The van der Waals surface area contributed by atoms with Crippen LogP contribution in [-0.2, 0) is 4.79 Å². The molecule has 3 aromatic rings. The Morgan fingerprint density at radius 2 is 1.91 bits per heavy atom. The number of ether oxygens (including phenoxy) is 1. The van der Waals surface area contributed by atoms with Gasteiger partial charge in [0.1, 0.15) is 12.1 Å². The number of aromatic nitrogens is 4. The van der Waals surface area contributed by atoms with Crippen LogP contribution in [-0.4, -0.2) is 56.6 Å². The minimum atomic E-state index is -3.03. The number of halogens is 2. The maximum absolute atomic E-state index is 12.9. The third-order valence-corrected chi connectivity index (χ3v) is 5.16. The third-order valence-electron chi connectivity index (χ3n) is 5.16. The first-order chi connectivity index (χ1) is 15.5. The summed E-state index contributed by atoms with van der Waals surface area (Å²) < 4.78 is 31.3. The van der Waals surface area contributed by atoms with E-state index in [1.165, 1.54) is 34.1 Å². The number of nitrogens with zero attached hydrogens (tertiary/aromatic N) is 5. The van der Waals surface area contributed by atoms with E-state index in [-0.39, 0.29) is 23.8 Å². The van der Waals surface area contributed by atoms with Gasteiger partial charge in [-0.3, -0.25) is 9.59 Å². The smallest absolute Gasteiger partial charge is 0.387 e. The van der Waals surface area contributed by atoms with E-state index in [1.54, 1.807) is 30.3 Å². The fourth-order valence-electron chi connectivity index (χ4n) is 3.61.